The molecule has 2 saturated heterocycles. The molecule has 3 rings (SSSR count). The van der Waals surface area contributed by atoms with Crippen LogP contribution in [0, 0.1) is 0 Å². The van der Waals surface area contributed by atoms with Crippen LogP contribution < -0.4 is 15.5 Å². The Labute approximate surface area is 162 Å². The largest absolute Gasteiger partial charge is 0.363 e. The summed E-state index contributed by atoms with van der Waals surface area (Å²) in [5.41, 5.74) is 0. The standard InChI is InChI=1S/C20H35N5S/c1-16-7-4-5-11-25(16)17(2)15-22-20(21-3)23-18-9-12-24(13-10-18)19-8-6-14-26-19/h6,8,14,16-18H,4-5,7,9-13,15H2,1-3H3,(H2,21,22,23). The Morgan fingerprint density at radius 3 is 2.73 bits per heavy atom. The predicted molar refractivity (Wildman–Crippen MR) is 114 cm³/mol. The van der Waals surface area contributed by atoms with Crippen LogP contribution in [0.4, 0.5) is 5.00 Å². The van der Waals surface area contributed by atoms with Crippen LogP contribution in [0.3, 0.4) is 0 Å². The highest BCUT2D eigenvalue weighted by molar-refractivity contribution is 7.14. The fraction of sp³-hybridized carbons (Fsp3) is 0.750. The second kappa shape index (κ2) is 9.60. The summed E-state index contributed by atoms with van der Waals surface area (Å²) >= 11 is 1.84. The van der Waals surface area contributed by atoms with Gasteiger partial charge >= 0.3 is 0 Å². The van der Waals surface area contributed by atoms with Gasteiger partial charge in [0.1, 0.15) is 0 Å². The van der Waals surface area contributed by atoms with Crippen molar-refractivity contribution >= 4 is 22.3 Å². The van der Waals surface area contributed by atoms with E-state index < -0.39 is 0 Å². The number of piperidine rings is 2. The minimum absolute atomic E-state index is 0.515. The van der Waals surface area contributed by atoms with Crippen LogP contribution in [-0.4, -0.2) is 62.2 Å². The fourth-order valence-electron chi connectivity index (χ4n) is 4.22. The number of guanidine groups is 1. The lowest BCUT2D eigenvalue weighted by atomic mass is 10.0. The molecule has 2 aliphatic heterocycles. The molecule has 2 N–H and O–H groups in total. The molecule has 5 nitrogen and oxygen atoms in total. The van der Waals surface area contributed by atoms with Crippen LogP contribution in [0.1, 0.15) is 46.0 Å². The highest BCUT2D eigenvalue weighted by Gasteiger charge is 2.24. The second-order valence-corrected chi connectivity index (χ2v) is 8.67. The monoisotopic (exact) mass is 377 g/mol. The first kappa shape index (κ1) is 19.5. The molecule has 2 atom stereocenters. The molecule has 2 unspecified atom stereocenters. The fourth-order valence-corrected chi connectivity index (χ4v) is 5.00. The van der Waals surface area contributed by atoms with Crippen molar-refractivity contribution in [2.45, 2.75) is 64.1 Å². The number of anilines is 1. The van der Waals surface area contributed by atoms with E-state index in [9.17, 15) is 0 Å². The highest BCUT2D eigenvalue weighted by Crippen LogP contribution is 2.24. The maximum Gasteiger partial charge on any atom is 0.191 e. The van der Waals surface area contributed by atoms with Crippen LogP contribution in [0.15, 0.2) is 22.5 Å². The van der Waals surface area contributed by atoms with Gasteiger partial charge in [-0.3, -0.25) is 9.89 Å². The number of likely N-dealkylation sites (tertiary alicyclic amines) is 1. The summed E-state index contributed by atoms with van der Waals surface area (Å²) in [4.78, 5) is 9.59. The van der Waals surface area contributed by atoms with Crippen molar-refractivity contribution in [3.8, 4) is 0 Å². The van der Waals surface area contributed by atoms with Gasteiger partial charge in [-0.05, 0) is 63.6 Å². The maximum atomic E-state index is 4.45. The number of rotatable bonds is 5. The van der Waals surface area contributed by atoms with Crippen molar-refractivity contribution in [3.05, 3.63) is 17.5 Å². The predicted octanol–water partition coefficient (Wildman–Crippen LogP) is 3.14. The van der Waals surface area contributed by atoms with E-state index in [1.54, 1.807) is 0 Å². The average Bonchev–Trinajstić information content (AvgIpc) is 3.20. The van der Waals surface area contributed by atoms with E-state index in [0.29, 0.717) is 18.1 Å². The third kappa shape index (κ3) is 5.13. The molecular weight excluding hydrogens is 342 g/mol. The van der Waals surface area contributed by atoms with Gasteiger partial charge < -0.3 is 15.5 Å². The van der Waals surface area contributed by atoms with Crippen LogP contribution in [0.5, 0.6) is 0 Å². The zero-order valence-electron chi connectivity index (χ0n) is 16.6. The minimum Gasteiger partial charge on any atom is -0.363 e. The molecule has 0 aliphatic carbocycles. The second-order valence-electron chi connectivity index (χ2n) is 7.74. The molecule has 146 valence electrons. The van der Waals surface area contributed by atoms with Crippen LogP contribution in [-0.2, 0) is 0 Å². The smallest absolute Gasteiger partial charge is 0.191 e. The first-order valence-corrected chi connectivity index (χ1v) is 11.1. The molecular formula is C20H35N5S. The molecule has 0 radical (unpaired) electrons. The zero-order valence-corrected chi connectivity index (χ0v) is 17.4. The number of thiophene rings is 1. The molecule has 2 aliphatic rings. The lowest BCUT2D eigenvalue weighted by Gasteiger charge is -2.38. The summed E-state index contributed by atoms with van der Waals surface area (Å²) in [5, 5.41) is 10.8. The van der Waals surface area contributed by atoms with E-state index in [4.69, 9.17) is 0 Å². The number of nitrogens with one attached hydrogen (secondary N) is 2. The molecule has 0 saturated carbocycles. The Morgan fingerprint density at radius 1 is 1.27 bits per heavy atom. The molecule has 0 amide bonds. The lowest BCUT2D eigenvalue weighted by Crippen LogP contribution is -2.52. The van der Waals surface area contributed by atoms with Gasteiger partial charge in [-0.1, -0.05) is 6.42 Å². The Hall–Kier alpha value is -1.27. The number of hydrogen-bond donors (Lipinski definition) is 2. The van der Waals surface area contributed by atoms with E-state index in [1.807, 2.05) is 18.4 Å². The van der Waals surface area contributed by atoms with Gasteiger partial charge in [-0.25, -0.2) is 0 Å². The summed E-state index contributed by atoms with van der Waals surface area (Å²) in [6.45, 7) is 9.13. The van der Waals surface area contributed by atoms with E-state index in [2.05, 4.69) is 56.8 Å². The summed E-state index contributed by atoms with van der Waals surface area (Å²) < 4.78 is 0. The van der Waals surface area contributed by atoms with Crippen LogP contribution in [0.25, 0.3) is 0 Å². The summed E-state index contributed by atoms with van der Waals surface area (Å²) in [7, 11) is 1.88. The zero-order chi connectivity index (χ0) is 18.4. The van der Waals surface area contributed by atoms with Crippen molar-refractivity contribution in [1.29, 1.82) is 0 Å². The van der Waals surface area contributed by atoms with Gasteiger partial charge in [0.25, 0.3) is 0 Å². The Morgan fingerprint density at radius 2 is 2.08 bits per heavy atom. The molecule has 0 spiro atoms. The van der Waals surface area contributed by atoms with Crippen molar-refractivity contribution in [2.24, 2.45) is 4.99 Å². The van der Waals surface area contributed by atoms with Gasteiger partial charge in [0.05, 0.1) is 5.00 Å². The Bertz CT molecular complexity index is 551. The SMILES string of the molecule is CN=C(NCC(C)N1CCCCC1C)NC1CCN(c2cccs2)CC1. The van der Waals surface area contributed by atoms with Gasteiger partial charge in [0.2, 0.25) is 0 Å². The van der Waals surface area contributed by atoms with Crippen molar-refractivity contribution in [3.63, 3.8) is 0 Å². The summed E-state index contributed by atoms with van der Waals surface area (Å²) in [6, 6.07) is 6.13. The first-order chi connectivity index (χ1) is 12.7. The van der Waals surface area contributed by atoms with E-state index >= 15 is 0 Å². The normalized spacial score (nSPS) is 24.5. The highest BCUT2D eigenvalue weighted by atomic mass is 32.1. The Balaban J connectivity index is 1.41. The van der Waals surface area contributed by atoms with Crippen molar-refractivity contribution in [2.75, 3.05) is 38.1 Å². The third-order valence-corrected chi connectivity index (χ3v) is 6.79. The maximum absolute atomic E-state index is 4.45. The topological polar surface area (TPSA) is 42.9 Å². The van der Waals surface area contributed by atoms with E-state index in [1.165, 1.54) is 30.8 Å². The van der Waals surface area contributed by atoms with E-state index in [0.717, 1.165) is 38.4 Å². The minimum atomic E-state index is 0.515. The molecule has 0 aromatic carbocycles. The molecule has 2 fully saturated rings. The van der Waals surface area contributed by atoms with E-state index in [-0.39, 0.29) is 0 Å². The molecule has 1 aromatic rings. The summed E-state index contributed by atoms with van der Waals surface area (Å²) in [5.74, 6) is 0.955. The van der Waals surface area contributed by atoms with Crippen LogP contribution >= 0.6 is 11.3 Å². The van der Waals surface area contributed by atoms with Crippen LogP contribution in [0.2, 0.25) is 0 Å². The number of nitrogens with zero attached hydrogens (tertiary/aromatic N) is 3. The number of aliphatic imine (C=N–C) groups is 1. The van der Waals surface area contributed by atoms with Gasteiger partial charge in [-0.15, -0.1) is 11.3 Å². The van der Waals surface area contributed by atoms with Crippen molar-refractivity contribution in [1.82, 2.24) is 15.5 Å². The number of hydrogen-bond acceptors (Lipinski definition) is 4. The average molecular weight is 378 g/mol. The lowest BCUT2D eigenvalue weighted by molar-refractivity contribution is 0.115. The van der Waals surface area contributed by atoms with Gasteiger partial charge in [0.15, 0.2) is 5.96 Å². The molecule has 26 heavy (non-hydrogen) atoms. The third-order valence-electron chi connectivity index (χ3n) is 5.86. The van der Waals surface area contributed by atoms with Crippen molar-refractivity contribution < 1.29 is 0 Å². The van der Waals surface area contributed by atoms with Gasteiger partial charge in [-0.2, -0.15) is 0 Å². The van der Waals surface area contributed by atoms with Gasteiger partial charge in [0, 0.05) is 44.8 Å². The summed E-state index contributed by atoms with van der Waals surface area (Å²) in [6.07, 6.45) is 6.38. The molecule has 1 aromatic heterocycles. The molecule has 3 heterocycles. The molecule has 0 bridgehead atoms. The Kier molecular flexibility index (Phi) is 7.20. The quantitative estimate of drug-likeness (QED) is 0.611. The first-order valence-electron chi connectivity index (χ1n) is 10.2. The molecule has 6 heteroatoms.